The first-order chi connectivity index (χ1) is 4.20. The van der Waals surface area contributed by atoms with Crippen LogP contribution in [0, 0.1) is 0 Å². The summed E-state index contributed by atoms with van der Waals surface area (Å²) in [6.07, 6.45) is -0.0456. The molecule has 3 heteroatoms. The molecule has 0 unspecified atom stereocenters. The monoisotopic (exact) mass is 133 g/mol. The van der Waals surface area contributed by atoms with Crippen LogP contribution in [0.3, 0.4) is 0 Å². The third-order valence-electron chi connectivity index (χ3n) is 0.931. The number of ether oxygens (including phenoxy) is 1. The van der Waals surface area contributed by atoms with Crippen molar-refractivity contribution in [1.82, 2.24) is 0 Å². The van der Waals surface area contributed by atoms with Crippen LogP contribution >= 0.6 is 0 Å². The van der Waals surface area contributed by atoms with Gasteiger partial charge in [0.1, 0.15) is 0 Å². The lowest BCUT2D eigenvalue weighted by Gasteiger charge is -2.15. The molecule has 0 radical (unpaired) electrons. The minimum atomic E-state index is -0.190. The molecule has 0 rings (SSSR count). The van der Waals surface area contributed by atoms with Crippen molar-refractivity contribution in [3.63, 3.8) is 0 Å². The van der Waals surface area contributed by atoms with E-state index in [2.05, 4.69) is 0 Å². The molecule has 0 amide bonds. The van der Waals surface area contributed by atoms with E-state index in [1.165, 1.54) is 0 Å². The molecule has 3 N–H and O–H groups in total. The lowest BCUT2D eigenvalue weighted by molar-refractivity contribution is -0.0174. The van der Waals surface area contributed by atoms with Gasteiger partial charge in [-0.2, -0.15) is 0 Å². The van der Waals surface area contributed by atoms with Gasteiger partial charge in [-0.05, 0) is 13.8 Å². The number of aliphatic hydroxyl groups is 1. The molecule has 0 aliphatic heterocycles. The molecule has 0 spiro atoms. The Kier molecular flexibility index (Phi) is 4.67. The molecule has 0 aliphatic carbocycles. The number of aliphatic hydroxyl groups excluding tert-OH is 1. The average molecular weight is 133 g/mol. The van der Waals surface area contributed by atoms with Crippen molar-refractivity contribution in [2.45, 2.75) is 26.1 Å². The molecule has 0 bridgehead atoms. The highest BCUT2D eigenvalue weighted by molar-refractivity contribution is 4.56. The predicted octanol–water partition coefficient (Wildman–Crippen LogP) is -0.269. The van der Waals surface area contributed by atoms with E-state index >= 15 is 0 Å². The summed E-state index contributed by atoms with van der Waals surface area (Å²) in [5.74, 6) is 0. The Morgan fingerprint density at radius 3 is 2.22 bits per heavy atom. The van der Waals surface area contributed by atoms with Gasteiger partial charge in [-0.3, -0.25) is 0 Å². The molecule has 0 aromatic rings. The van der Waals surface area contributed by atoms with Crippen molar-refractivity contribution in [2.75, 3.05) is 13.2 Å². The van der Waals surface area contributed by atoms with Crippen LogP contribution < -0.4 is 5.73 Å². The van der Waals surface area contributed by atoms with Crippen LogP contribution in [-0.2, 0) is 4.74 Å². The van der Waals surface area contributed by atoms with Crippen molar-refractivity contribution in [3.8, 4) is 0 Å². The average Bonchev–Trinajstić information content (AvgIpc) is 1.82. The summed E-state index contributed by atoms with van der Waals surface area (Å²) in [4.78, 5) is 0. The van der Waals surface area contributed by atoms with Crippen molar-refractivity contribution < 1.29 is 9.84 Å². The zero-order valence-electron chi connectivity index (χ0n) is 6.00. The highest BCUT2D eigenvalue weighted by Gasteiger charge is 2.05. The van der Waals surface area contributed by atoms with E-state index in [4.69, 9.17) is 15.6 Å². The fraction of sp³-hybridized carbons (Fsp3) is 1.00. The van der Waals surface area contributed by atoms with Crippen molar-refractivity contribution >= 4 is 0 Å². The van der Waals surface area contributed by atoms with Crippen LogP contribution in [0.1, 0.15) is 13.8 Å². The van der Waals surface area contributed by atoms with E-state index in [0.29, 0.717) is 6.54 Å². The largest absolute Gasteiger partial charge is 0.394 e. The van der Waals surface area contributed by atoms with Crippen molar-refractivity contribution in [1.29, 1.82) is 0 Å². The van der Waals surface area contributed by atoms with Crippen LogP contribution in [0.15, 0.2) is 0 Å². The molecular weight excluding hydrogens is 118 g/mol. The SMILES string of the molecule is CC(C)O[C@@H](CN)CO. The highest BCUT2D eigenvalue weighted by Crippen LogP contribution is 1.94. The summed E-state index contributed by atoms with van der Waals surface area (Å²) >= 11 is 0. The highest BCUT2D eigenvalue weighted by atomic mass is 16.5. The summed E-state index contributed by atoms with van der Waals surface area (Å²) in [6, 6.07) is 0. The van der Waals surface area contributed by atoms with E-state index in [0.717, 1.165) is 0 Å². The molecule has 0 aliphatic rings. The van der Waals surface area contributed by atoms with Gasteiger partial charge in [0.05, 0.1) is 18.8 Å². The minimum absolute atomic E-state index is 0.00861. The van der Waals surface area contributed by atoms with E-state index < -0.39 is 0 Å². The number of nitrogens with two attached hydrogens (primary N) is 1. The first-order valence-corrected chi connectivity index (χ1v) is 3.17. The second kappa shape index (κ2) is 4.73. The van der Waals surface area contributed by atoms with Crippen LogP contribution in [-0.4, -0.2) is 30.5 Å². The van der Waals surface area contributed by atoms with Gasteiger partial charge < -0.3 is 15.6 Å². The Morgan fingerprint density at radius 1 is 1.56 bits per heavy atom. The molecule has 9 heavy (non-hydrogen) atoms. The van der Waals surface area contributed by atoms with Gasteiger partial charge in [-0.25, -0.2) is 0 Å². The van der Waals surface area contributed by atoms with E-state index in [1.807, 2.05) is 13.8 Å². The standard InChI is InChI=1S/C6H15NO2/c1-5(2)9-6(3-7)4-8/h5-6,8H,3-4,7H2,1-2H3/t6-/m0/s1. The Balaban J connectivity index is 3.31. The second-order valence-corrected chi connectivity index (χ2v) is 2.23. The number of rotatable bonds is 4. The van der Waals surface area contributed by atoms with E-state index in [-0.39, 0.29) is 18.8 Å². The zero-order chi connectivity index (χ0) is 7.28. The van der Waals surface area contributed by atoms with Crippen molar-refractivity contribution in [3.05, 3.63) is 0 Å². The smallest absolute Gasteiger partial charge is 0.0930 e. The second-order valence-electron chi connectivity index (χ2n) is 2.23. The number of hydrogen-bond donors (Lipinski definition) is 2. The van der Waals surface area contributed by atoms with Gasteiger partial charge in [0.25, 0.3) is 0 Å². The fourth-order valence-electron chi connectivity index (χ4n) is 0.558. The van der Waals surface area contributed by atoms with Gasteiger partial charge >= 0.3 is 0 Å². The van der Waals surface area contributed by atoms with Crippen LogP contribution in [0.2, 0.25) is 0 Å². The first kappa shape index (κ1) is 8.88. The summed E-state index contributed by atoms with van der Waals surface area (Å²) in [5.41, 5.74) is 5.25. The van der Waals surface area contributed by atoms with Gasteiger partial charge in [-0.15, -0.1) is 0 Å². The minimum Gasteiger partial charge on any atom is -0.394 e. The van der Waals surface area contributed by atoms with E-state index in [9.17, 15) is 0 Å². The molecule has 3 nitrogen and oxygen atoms in total. The summed E-state index contributed by atoms with van der Waals surface area (Å²) < 4.78 is 5.17. The maximum Gasteiger partial charge on any atom is 0.0930 e. The van der Waals surface area contributed by atoms with Gasteiger partial charge in [0.15, 0.2) is 0 Å². The molecule has 0 fully saturated rings. The summed E-state index contributed by atoms with van der Waals surface area (Å²) in [7, 11) is 0. The molecule has 0 aromatic heterocycles. The first-order valence-electron chi connectivity index (χ1n) is 3.17. The molecule has 56 valence electrons. The third-order valence-corrected chi connectivity index (χ3v) is 0.931. The molecule has 1 atom stereocenters. The normalized spacial score (nSPS) is 14.3. The van der Waals surface area contributed by atoms with Gasteiger partial charge in [0.2, 0.25) is 0 Å². The molecule has 0 aromatic carbocycles. The lowest BCUT2D eigenvalue weighted by atomic mass is 10.3. The Bertz CT molecular complexity index is 62.1. The Morgan fingerprint density at radius 2 is 2.11 bits per heavy atom. The summed E-state index contributed by atoms with van der Waals surface area (Å²) in [5, 5.41) is 8.57. The molecule has 0 saturated heterocycles. The molecule has 0 saturated carbocycles. The lowest BCUT2D eigenvalue weighted by Crippen LogP contribution is -2.29. The van der Waals surface area contributed by atoms with Crippen molar-refractivity contribution in [2.24, 2.45) is 5.73 Å². The quantitative estimate of drug-likeness (QED) is 0.555. The summed E-state index contributed by atoms with van der Waals surface area (Å²) in [6.45, 7) is 4.22. The Hall–Kier alpha value is -0.120. The number of hydrogen-bond acceptors (Lipinski definition) is 3. The van der Waals surface area contributed by atoms with Gasteiger partial charge in [0, 0.05) is 6.54 Å². The maximum absolute atomic E-state index is 8.57. The maximum atomic E-state index is 8.57. The van der Waals surface area contributed by atoms with Crippen LogP contribution in [0.4, 0.5) is 0 Å². The molecular formula is C6H15NO2. The third kappa shape index (κ3) is 4.39. The zero-order valence-corrected chi connectivity index (χ0v) is 6.00. The van der Waals surface area contributed by atoms with E-state index in [1.54, 1.807) is 0 Å². The molecule has 0 heterocycles. The Labute approximate surface area is 55.8 Å². The van der Waals surface area contributed by atoms with Crippen LogP contribution in [0.25, 0.3) is 0 Å². The van der Waals surface area contributed by atoms with Gasteiger partial charge in [-0.1, -0.05) is 0 Å². The predicted molar refractivity (Wildman–Crippen MR) is 36.1 cm³/mol. The topological polar surface area (TPSA) is 55.5 Å². The van der Waals surface area contributed by atoms with Crippen LogP contribution in [0.5, 0.6) is 0 Å². The fourth-order valence-corrected chi connectivity index (χ4v) is 0.558.